The van der Waals surface area contributed by atoms with Crippen LogP contribution >= 0.6 is 0 Å². The van der Waals surface area contributed by atoms with Gasteiger partial charge in [0.05, 0.1) is 24.1 Å². The van der Waals surface area contributed by atoms with E-state index in [1.807, 2.05) is 17.9 Å². The lowest BCUT2D eigenvalue weighted by molar-refractivity contribution is -0.117. The SMILES string of the molecule is CCN1C(=O)Cc2cc3c(CCC4CCN(Cc5ccccc5)CC4)noc3cc21.CS(=O)(=O)O. The van der Waals surface area contributed by atoms with Crippen LogP contribution in [0, 0.1) is 5.92 Å². The number of amides is 1. The van der Waals surface area contributed by atoms with Gasteiger partial charge in [-0.2, -0.15) is 8.42 Å². The number of anilines is 1. The van der Waals surface area contributed by atoms with E-state index in [1.54, 1.807) is 0 Å². The van der Waals surface area contributed by atoms with Gasteiger partial charge in [-0.15, -0.1) is 0 Å². The Morgan fingerprint density at radius 1 is 1.14 bits per heavy atom. The summed E-state index contributed by atoms with van der Waals surface area (Å²) in [7, 11) is -3.67. The molecule has 0 spiro atoms. The average molecular weight is 500 g/mol. The highest BCUT2D eigenvalue weighted by Gasteiger charge is 2.28. The minimum atomic E-state index is -3.67. The van der Waals surface area contributed by atoms with Crippen LogP contribution in [0.25, 0.3) is 11.0 Å². The lowest BCUT2D eigenvalue weighted by Crippen LogP contribution is -2.33. The van der Waals surface area contributed by atoms with Crippen LogP contribution in [-0.2, 0) is 34.3 Å². The number of aryl methyl sites for hydroxylation is 1. The van der Waals surface area contributed by atoms with Gasteiger partial charge >= 0.3 is 0 Å². The van der Waals surface area contributed by atoms with Crippen molar-refractivity contribution in [2.24, 2.45) is 5.92 Å². The van der Waals surface area contributed by atoms with Crippen LogP contribution < -0.4 is 4.90 Å². The van der Waals surface area contributed by atoms with E-state index in [-0.39, 0.29) is 5.91 Å². The van der Waals surface area contributed by atoms with E-state index in [0.29, 0.717) is 19.2 Å². The summed E-state index contributed by atoms with van der Waals surface area (Å²) >= 11 is 0. The number of hydrogen-bond donors (Lipinski definition) is 1. The van der Waals surface area contributed by atoms with E-state index in [4.69, 9.17) is 9.08 Å². The molecule has 188 valence electrons. The molecule has 2 aromatic carbocycles. The van der Waals surface area contributed by atoms with Gasteiger partial charge in [-0.3, -0.25) is 14.2 Å². The summed E-state index contributed by atoms with van der Waals surface area (Å²) in [6, 6.07) is 14.9. The van der Waals surface area contributed by atoms with Gasteiger partial charge in [0, 0.05) is 24.5 Å². The number of benzene rings is 2. The molecule has 9 heteroatoms. The van der Waals surface area contributed by atoms with Crippen molar-refractivity contribution in [3.05, 3.63) is 59.3 Å². The summed E-state index contributed by atoms with van der Waals surface area (Å²) in [5, 5.41) is 5.46. The van der Waals surface area contributed by atoms with Crippen LogP contribution in [-0.4, -0.2) is 54.8 Å². The van der Waals surface area contributed by atoms with Crippen molar-refractivity contribution in [2.75, 3.05) is 30.8 Å². The van der Waals surface area contributed by atoms with E-state index in [1.165, 1.54) is 31.5 Å². The third kappa shape index (κ3) is 6.68. The Balaban J connectivity index is 0.000000527. The summed E-state index contributed by atoms with van der Waals surface area (Å²) in [5.74, 6) is 0.923. The van der Waals surface area contributed by atoms with Crippen molar-refractivity contribution in [2.45, 2.75) is 45.6 Å². The molecule has 1 fully saturated rings. The molecule has 0 unspecified atom stereocenters. The minimum Gasteiger partial charge on any atom is -0.356 e. The van der Waals surface area contributed by atoms with Crippen LogP contribution in [0.1, 0.15) is 43.0 Å². The Hall–Kier alpha value is -2.75. The predicted octanol–water partition coefficient (Wildman–Crippen LogP) is 4.09. The molecular weight excluding hydrogens is 466 g/mol. The molecule has 0 aliphatic carbocycles. The zero-order valence-electron chi connectivity index (χ0n) is 20.3. The maximum Gasteiger partial charge on any atom is 0.261 e. The van der Waals surface area contributed by atoms with Gasteiger partial charge in [-0.05, 0) is 68.8 Å². The lowest BCUT2D eigenvalue weighted by atomic mass is 9.91. The predicted molar refractivity (Wildman–Crippen MR) is 136 cm³/mol. The summed E-state index contributed by atoms with van der Waals surface area (Å²) in [4.78, 5) is 16.6. The fourth-order valence-corrected chi connectivity index (χ4v) is 5.00. The highest BCUT2D eigenvalue weighted by atomic mass is 32.2. The normalized spacial score (nSPS) is 16.9. The maximum absolute atomic E-state index is 12.2. The number of aromatic nitrogens is 1. The van der Waals surface area contributed by atoms with Crippen LogP contribution in [0.5, 0.6) is 0 Å². The first-order chi connectivity index (χ1) is 16.7. The molecular formula is C26H33N3O5S. The Morgan fingerprint density at radius 2 is 1.83 bits per heavy atom. The number of likely N-dealkylation sites (tertiary alicyclic amines) is 1. The molecule has 5 rings (SSSR count). The summed E-state index contributed by atoms with van der Waals surface area (Å²) in [5.41, 5.74) is 5.34. The highest BCUT2D eigenvalue weighted by molar-refractivity contribution is 7.85. The molecule has 1 N–H and O–H groups in total. The molecule has 0 atom stereocenters. The number of carbonyl (C=O) groups is 1. The highest BCUT2D eigenvalue weighted by Crippen LogP contribution is 2.35. The van der Waals surface area contributed by atoms with Crippen LogP contribution in [0.3, 0.4) is 0 Å². The smallest absolute Gasteiger partial charge is 0.261 e. The van der Waals surface area contributed by atoms with E-state index in [2.05, 4.69) is 46.5 Å². The van der Waals surface area contributed by atoms with Crippen LogP contribution in [0.15, 0.2) is 47.0 Å². The second-order valence-corrected chi connectivity index (χ2v) is 10.9. The molecule has 8 nitrogen and oxygen atoms in total. The van der Waals surface area contributed by atoms with Crippen LogP contribution in [0.4, 0.5) is 5.69 Å². The van der Waals surface area contributed by atoms with Gasteiger partial charge in [-0.1, -0.05) is 35.5 Å². The first kappa shape index (κ1) is 25.3. The first-order valence-electron chi connectivity index (χ1n) is 12.1. The fourth-order valence-electron chi connectivity index (χ4n) is 5.00. The van der Waals surface area contributed by atoms with Gasteiger partial charge < -0.3 is 9.42 Å². The lowest BCUT2D eigenvalue weighted by Gasteiger charge is -2.31. The molecule has 2 aliphatic heterocycles. The van der Waals surface area contributed by atoms with E-state index in [9.17, 15) is 13.2 Å². The number of likely N-dealkylation sites (N-methyl/N-ethyl adjacent to an activating group) is 1. The number of rotatable bonds is 6. The molecule has 2 aliphatic rings. The second-order valence-electron chi connectivity index (χ2n) is 9.40. The second kappa shape index (κ2) is 10.9. The van der Waals surface area contributed by atoms with E-state index >= 15 is 0 Å². The van der Waals surface area contributed by atoms with Crippen molar-refractivity contribution in [1.29, 1.82) is 0 Å². The Bertz CT molecular complexity index is 1260. The molecule has 1 saturated heterocycles. The molecule has 1 aromatic heterocycles. The zero-order chi connectivity index (χ0) is 25.0. The number of carbonyl (C=O) groups excluding carboxylic acids is 1. The molecule has 0 bridgehead atoms. The van der Waals surface area contributed by atoms with Gasteiger partial charge in [0.1, 0.15) is 0 Å². The van der Waals surface area contributed by atoms with Crippen molar-refractivity contribution in [3.8, 4) is 0 Å². The molecule has 3 aromatic rings. The van der Waals surface area contributed by atoms with E-state index in [0.717, 1.165) is 53.2 Å². The van der Waals surface area contributed by atoms with Crippen molar-refractivity contribution in [3.63, 3.8) is 0 Å². The molecule has 3 heterocycles. The number of nitrogens with zero attached hydrogens (tertiary/aromatic N) is 3. The number of piperidine rings is 1. The van der Waals surface area contributed by atoms with Gasteiger partial charge in [-0.25, -0.2) is 0 Å². The first-order valence-corrected chi connectivity index (χ1v) is 14.0. The van der Waals surface area contributed by atoms with Gasteiger partial charge in [0.15, 0.2) is 5.58 Å². The Labute approximate surface area is 206 Å². The third-order valence-electron chi connectivity index (χ3n) is 6.74. The summed E-state index contributed by atoms with van der Waals surface area (Å²) in [6.45, 7) is 6.10. The number of hydrogen-bond acceptors (Lipinski definition) is 6. The molecule has 1 amide bonds. The van der Waals surface area contributed by atoms with E-state index < -0.39 is 10.1 Å². The van der Waals surface area contributed by atoms with Crippen LogP contribution in [0.2, 0.25) is 0 Å². The summed E-state index contributed by atoms with van der Waals surface area (Å²) in [6.07, 6.45) is 5.80. The topological polar surface area (TPSA) is 104 Å². The number of fused-ring (bicyclic) bond motifs is 2. The van der Waals surface area contributed by atoms with Gasteiger partial charge in [0.2, 0.25) is 5.91 Å². The average Bonchev–Trinajstić information content (AvgIpc) is 3.35. The van der Waals surface area contributed by atoms with Crippen molar-refractivity contribution in [1.82, 2.24) is 10.1 Å². The Kier molecular flexibility index (Phi) is 7.88. The zero-order valence-corrected chi connectivity index (χ0v) is 21.1. The van der Waals surface area contributed by atoms with Crippen molar-refractivity contribution >= 4 is 32.7 Å². The standard InChI is InChI=1S/C25H29N3O2.CH4O3S/c1-2-28-23-16-24-21(14-20(23)15-25(28)29)22(26-30-24)9-8-18-10-12-27(13-11-18)17-19-6-4-3-5-7-19;1-5(2,3)4/h3-7,14,16,18H,2,8-13,15,17H2,1H3;1H3,(H,2,3,4). The molecule has 0 saturated carbocycles. The fraction of sp³-hybridized carbons (Fsp3) is 0.462. The monoisotopic (exact) mass is 499 g/mol. The Morgan fingerprint density at radius 3 is 2.49 bits per heavy atom. The summed E-state index contributed by atoms with van der Waals surface area (Å²) < 4.78 is 31.5. The maximum atomic E-state index is 12.2. The largest absolute Gasteiger partial charge is 0.356 e. The third-order valence-corrected chi connectivity index (χ3v) is 6.74. The quantitative estimate of drug-likeness (QED) is 0.510. The molecule has 0 radical (unpaired) electrons. The van der Waals surface area contributed by atoms with Gasteiger partial charge in [0.25, 0.3) is 10.1 Å². The van der Waals surface area contributed by atoms with Crippen molar-refractivity contribution < 1.29 is 22.3 Å². The minimum absolute atomic E-state index is 0.178. The molecule has 35 heavy (non-hydrogen) atoms.